The Morgan fingerprint density at radius 2 is 1.95 bits per heavy atom. The van der Waals surface area contributed by atoms with Gasteiger partial charge in [0.1, 0.15) is 0 Å². The molecule has 112 valence electrons. The minimum Gasteiger partial charge on any atom is -0.469 e. The fourth-order valence-corrected chi connectivity index (χ4v) is 5.78. The van der Waals surface area contributed by atoms with Crippen molar-refractivity contribution in [3.05, 3.63) is 0 Å². The lowest BCUT2D eigenvalue weighted by Crippen LogP contribution is -2.23. The Morgan fingerprint density at radius 1 is 1.32 bits per heavy atom. The predicted octanol–water partition coefficient (Wildman–Crippen LogP) is 0.903. The molecular weight excluding hydrogens is 288 g/mol. The summed E-state index contributed by atoms with van der Waals surface area (Å²) in [6.07, 6.45) is 2.61. The molecular formula is C12H22O5S2. The maximum Gasteiger partial charge on any atom is 0.306 e. The van der Waals surface area contributed by atoms with Gasteiger partial charge in [-0.3, -0.25) is 9.00 Å². The summed E-state index contributed by atoms with van der Waals surface area (Å²) in [6, 6.07) is 0. The Balaban J connectivity index is 2.38. The zero-order chi connectivity index (χ0) is 14.5. The fourth-order valence-electron chi connectivity index (χ4n) is 1.97. The predicted molar refractivity (Wildman–Crippen MR) is 75.1 cm³/mol. The zero-order valence-electron chi connectivity index (χ0n) is 11.5. The molecule has 0 aromatic rings. The smallest absolute Gasteiger partial charge is 0.306 e. The van der Waals surface area contributed by atoms with Crippen molar-refractivity contribution in [1.29, 1.82) is 0 Å². The lowest BCUT2D eigenvalue weighted by atomic mass is 10.1. The fraction of sp³-hybridized carbons (Fsp3) is 0.917. The van der Waals surface area contributed by atoms with Crippen LogP contribution in [-0.2, 0) is 30.2 Å². The van der Waals surface area contributed by atoms with Gasteiger partial charge in [0, 0.05) is 28.1 Å². The van der Waals surface area contributed by atoms with Crippen LogP contribution in [0.3, 0.4) is 0 Å². The average Bonchev–Trinajstić information content (AvgIpc) is 3.06. The topological polar surface area (TPSA) is 77.5 Å². The summed E-state index contributed by atoms with van der Waals surface area (Å²) in [5.41, 5.74) is -0.202. The summed E-state index contributed by atoms with van der Waals surface area (Å²) in [7, 11) is -2.92. The summed E-state index contributed by atoms with van der Waals surface area (Å²) >= 11 is 0. The SMILES string of the molecule is CCCS(=O)(=O)CCS(=O)CC1(CC(=O)OC)CC1. The molecule has 0 aromatic heterocycles. The van der Waals surface area contributed by atoms with Gasteiger partial charge in [0.05, 0.1) is 19.3 Å². The van der Waals surface area contributed by atoms with Crippen LogP contribution in [0.15, 0.2) is 0 Å². The lowest BCUT2D eigenvalue weighted by Gasteiger charge is -2.13. The molecule has 5 nitrogen and oxygen atoms in total. The van der Waals surface area contributed by atoms with Gasteiger partial charge in [-0.15, -0.1) is 0 Å². The molecule has 0 aromatic carbocycles. The highest BCUT2D eigenvalue weighted by Gasteiger charge is 2.45. The van der Waals surface area contributed by atoms with E-state index in [-0.39, 0.29) is 35.1 Å². The molecule has 19 heavy (non-hydrogen) atoms. The van der Waals surface area contributed by atoms with E-state index in [1.807, 2.05) is 6.92 Å². The second kappa shape index (κ2) is 6.83. The molecule has 0 amide bonds. The summed E-state index contributed by atoms with van der Waals surface area (Å²) in [5, 5.41) is 0. The monoisotopic (exact) mass is 310 g/mol. The third-order valence-electron chi connectivity index (χ3n) is 3.31. The van der Waals surface area contributed by atoms with Gasteiger partial charge >= 0.3 is 5.97 Å². The first-order valence-corrected chi connectivity index (χ1v) is 9.76. The maximum atomic E-state index is 11.9. The van der Waals surface area contributed by atoms with E-state index in [1.54, 1.807) is 0 Å². The van der Waals surface area contributed by atoms with Crippen LogP contribution in [0.2, 0.25) is 0 Å². The van der Waals surface area contributed by atoms with E-state index in [1.165, 1.54) is 7.11 Å². The van der Waals surface area contributed by atoms with Crippen molar-refractivity contribution in [2.24, 2.45) is 5.41 Å². The normalized spacial score (nSPS) is 18.8. The van der Waals surface area contributed by atoms with Crippen molar-refractivity contribution in [2.75, 3.05) is 30.1 Å². The van der Waals surface area contributed by atoms with E-state index < -0.39 is 20.6 Å². The van der Waals surface area contributed by atoms with Gasteiger partial charge in [0.15, 0.2) is 9.84 Å². The third kappa shape index (κ3) is 6.03. The number of ether oxygens (including phenoxy) is 1. The van der Waals surface area contributed by atoms with E-state index in [4.69, 9.17) is 0 Å². The van der Waals surface area contributed by atoms with Crippen LogP contribution >= 0.6 is 0 Å². The average molecular weight is 310 g/mol. The number of rotatable bonds is 9. The third-order valence-corrected chi connectivity index (χ3v) is 7.02. The second-order valence-corrected chi connectivity index (χ2v) is 9.07. The van der Waals surface area contributed by atoms with Gasteiger partial charge in [0.25, 0.3) is 0 Å². The molecule has 0 bridgehead atoms. The first kappa shape index (κ1) is 16.6. The highest BCUT2D eigenvalue weighted by Crippen LogP contribution is 2.49. The van der Waals surface area contributed by atoms with Crippen LogP contribution < -0.4 is 0 Å². The van der Waals surface area contributed by atoms with Gasteiger partial charge in [-0.2, -0.15) is 0 Å². The van der Waals surface area contributed by atoms with Crippen LogP contribution in [0, 0.1) is 5.41 Å². The molecule has 1 saturated carbocycles. The van der Waals surface area contributed by atoms with Gasteiger partial charge < -0.3 is 4.74 Å². The summed E-state index contributed by atoms with van der Waals surface area (Å²) < 4.78 is 39.6. The van der Waals surface area contributed by atoms with Gasteiger partial charge in [0.2, 0.25) is 0 Å². The Morgan fingerprint density at radius 3 is 2.42 bits per heavy atom. The van der Waals surface area contributed by atoms with Crippen molar-refractivity contribution < 1.29 is 22.2 Å². The largest absolute Gasteiger partial charge is 0.469 e. The van der Waals surface area contributed by atoms with Crippen LogP contribution in [0.5, 0.6) is 0 Å². The van der Waals surface area contributed by atoms with Crippen LogP contribution in [0.4, 0.5) is 0 Å². The lowest BCUT2D eigenvalue weighted by molar-refractivity contribution is -0.141. The quantitative estimate of drug-likeness (QED) is 0.591. The maximum absolute atomic E-state index is 11.9. The highest BCUT2D eigenvalue weighted by atomic mass is 32.2. The molecule has 7 heteroatoms. The van der Waals surface area contributed by atoms with Gasteiger partial charge in [-0.05, 0) is 24.7 Å². The summed E-state index contributed by atoms with van der Waals surface area (Å²) in [6.45, 7) is 1.81. The van der Waals surface area contributed by atoms with E-state index in [0.717, 1.165) is 12.8 Å². The van der Waals surface area contributed by atoms with Crippen molar-refractivity contribution in [3.63, 3.8) is 0 Å². The number of methoxy groups -OCH3 is 1. The molecule has 0 spiro atoms. The number of hydrogen-bond donors (Lipinski definition) is 0. The van der Waals surface area contributed by atoms with E-state index in [2.05, 4.69) is 4.74 Å². The molecule has 1 atom stereocenters. The molecule has 0 heterocycles. The molecule has 0 N–H and O–H groups in total. The standard InChI is InChI=1S/C12H22O5S2/c1-3-7-19(15,16)8-6-18(14)10-12(4-5-12)9-11(13)17-2/h3-10H2,1-2H3. The van der Waals surface area contributed by atoms with Crippen molar-refractivity contribution in [2.45, 2.75) is 32.6 Å². The Kier molecular flexibility index (Phi) is 5.98. The second-order valence-electron chi connectivity index (χ2n) is 5.19. The Bertz CT molecular complexity index is 437. The van der Waals surface area contributed by atoms with Gasteiger partial charge in [-0.1, -0.05) is 6.92 Å². The molecule has 0 saturated heterocycles. The number of sulfone groups is 1. The number of carbonyl (C=O) groups is 1. The van der Waals surface area contributed by atoms with Crippen molar-refractivity contribution in [1.82, 2.24) is 0 Å². The zero-order valence-corrected chi connectivity index (χ0v) is 13.1. The van der Waals surface area contributed by atoms with Crippen LogP contribution in [0.25, 0.3) is 0 Å². The molecule has 0 aliphatic heterocycles. The number of esters is 1. The number of carbonyl (C=O) groups excluding carboxylic acids is 1. The molecule has 1 fully saturated rings. The number of hydrogen-bond acceptors (Lipinski definition) is 5. The van der Waals surface area contributed by atoms with Crippen LogP contribution in [-0.4, -0.2) is 48.7 Å². The first-order chi connectivity index (χ1) is 8.82. The van der Waals surface area contributed by atoms with Crippen molar-refractivity contribution >= 4 is 26.6 Å². The van der Waals surface area contributed by atoms with E-state index in [9.17, 15) is 17.4 Å². The van der Waals surface area contributed by atoms with Crippen molar-refractivity contribution in [3.8, 4) is 0 Å². The minimum absolute atomic E-state index is 0.0260. The highest BCUT2D eigenvalue weighted by molar-refractivity contribution is 7.93. The molecule has 1 aliphatic rings. The molecule has 1 rings (SSSR count). The van der Waals surface area contributed by atoms with E-state index >= 15 is 0 Å². The molecule has 1 aliphatic carbocycles. The van der Waals surface area contributed by atoms with Gasteiger partial charge in [-0.25, -0.2) is 8.42 Å². The summed E-state index contributed by atoms with van der Waals surface area (Å²) in [4.78, 5) is 11.2. The molecule has 1 unspecified atom stereocenters. The molecule has 0 radical (unpaired) electrons. The minimum atomic E-state index is -3.07. The van der Waals surface area contributed by atoms with Crippen LogP contribution in [0.1, 0.15) is 32.6 Å². The Labute approximate surface area is 117 Å². The first-order valence-electron chi connectivity index (χ1n) is 6.45. The van der Waals surface area contributed by atoms with E-state index in [0.29, 0.717) is 12.2 Å². The Hall–Kier alpha value is -0.430. The summed E-state index contributed by atoms with van der Waals surface area (Å²) in [5.74, 6) is 0.418.